The smallest absolute Gasteiger partial charge is 0.118 e. The molecule has 1 N–H and O–H groups in total. The van der Waals surface area contributed by atoms with Crippen molar-refractivity contribution < 1.29 is 4.74 Å². The van der Waals surface area contributed by atoms with E-state index in [9.17, 15) is 0 Å². The average molecular weight is 299 g/mol. The van der Waals surface area contributed by atoms with Crippen molar-refractivity contribution in [3.8, 4) is 5.75 Å². The number of ether oxygens (including phenoxy) is 1. The second kappa shape index (κ2) is 7.79. The minimum atomic E-state index is 0.811. The van der Waals surface area contributed by atoms with E-state index in [1.54, 1.807) is 7.11 Å². The van der Waals surface area contributed by atoms with Crippen LogP contribution in [0.15, 0.2) is 48.5 Å². The highest BCUT2D eigenvalue weighted by molar-refractivity contribution is 7.80. The fourth-order valence-electron chi connectivity index (χ4n) is 2.11. The number of benzene rings is 2. The van der Waals surface area contributed by atoms with Gasteiger partial charge in [0.2, 0.25) is 0 Å². The quantitative estimate of drug-likeness (QED) is 0.821. The molecule has 0 bridgehead atoms. The van der Waals surface area contributed by atoms with Crippen LogP contribution in [0.3, 0.4) is 0 Å². The fourth-order valence-corrected chi connectivity index (χ4v) is 2.34. The van der Waals surface area contributed by atoms with E-state index in [0.717, 1.165) is 35.7 Å². The van der Waals surface area contributed by atoms with Gasteiger partial charge in [-0.25, -0.2) is 0 Å². The van der Waals surface area contributed by atoms with Gasteiger partial charge in [0.1, 0.15) is 10.7 Å². The van der Waals surface area contributed by atoms with E-state index in [1.165, 1.54) is 11.1 Å². The molecule has 0 atom stereocenters. The summed E-state index contributed by atoms with van der Waals surface area (Å²) in [6.45, 7) is 2.99. The van der Waals surface area contributed by atoms with Crippen LogP contribution in [0.2, 0.25) is 0 Å². The maximum Gasteiger partial charge on any atom is 0.118 e. The van der Waals surface area contributed by atoms with Gasteiger partial charge in [0.15, 0.2) is 0 Å². The molecule has 0 fully saturated rings. The van der Waals surface area contributed by atoms with Crippen LogP contribution < -0.4 is 10.1 Å². The summed E-state index contributed by atoms with van der Waals surface area (Å²) >= 11 is 5.42. The molecule has 0 saturated carbocycles. The van der Waals surface area contributed by atoms with Crippen molar-refractivity contribution in [3.63, 3.8) is 0 Å². The average Bonchev–Trinajstić information content (AvgIpc) is 2.55. The second-order valence-electron chi connectivity index (χ2n) is 4.90. The van der Waals surface area contributed by atoms with Crippen LogP contribution in [-0.2, 0) is 12.8 Å². The van der Waals surface area contributed by atoms with Gasteiger partial charge in [0.05, 0.1) is 7.11 Å². The van der Waals surface area contributed by atoms with Gasteiger partial charge in [0.25, 0.3) is 0 Å². The minimum Gasteiger partial charge on any atom is -0.497 e. The van der Waals surface area contributed by atoms with E-state index < -0.39 is 0 Å². The van der Waals surface area contributed by atoms with Crippen molar-refractivity contribution in [2.45, 2.75) is 19.8 Å². The number of hydrogen-bond donors (Lipinski definition) is 1. The summed E-state index contributed by atoms with van der Waals surface area (Å²) in [4.78, 5) is 0.811. The molecule has 0 heterocycles. The Kier molecular flexibility index (Phi) is 5.76. The minimum absolute atomic E-state index is 0.811. The Morgan fingerprint density at radius 3 is 2.19 bits per heavy atom. The molecule has 21 heavy (non-hydrogen) atoms. The molecule has 2 rings (SSSR count). The van der Waals surface area contributed by atoms with Crippen LogP contribution in [0.5, 0.6) is 5.75 Å². The Hall–Kier alpha value is -1.87. The highest BCUT2D eigenvalue weighted by Crippen LogP contribution is 2.11. The lowest BCUT2D eigenvalue weighted by Gasteiger charge is -2.09. The van der Waals surface area contributed by atoms with Gasteiger partial charge in [-0.15, -0.1) is 0 Å². The molecule has 110 valence electrons. The summed E-state index contributed by atoms with van der Waals surface area (Å²) in [6, 6.07) is 16.6. The first-order chi connectivity index (χ1) is 10.2. The summed E-state index contributed by atoms with van der Waals surface area (Å²) < 4.78 is 5.15. The third kappa shape index (κ3) is 4.57. The number of rotatable bonds is 6. The van der Waals surface area contributed by atoms with Crippen LogP contribution in [-0.4, -0.2) is 18.6 Å². The second-order valence-corrected chi connectivity index (χ2v) is 5.31. The van der Waals surface area contributed by atoms with Crippen molar-refractivity contribution in [1.82, 2.24) is 5.32 Å². The lowest BCUT2D eigenvalue weighted by molar-refractivity contribution is 0.414. The molecule has 2 nitrogen and oxygen atoms in total. The van der Waals surface area contributed by atoms with Gasteiger partial charge in [-0.1, -0.05) is 55.5 Å². The Morgan fingerprint density at radius 2 is 1.62 bits per heavy atom. The zero-order valence-corrected chi connectivity index (χ0v) is 13.4. The van der Waals surface area contributed by atoms with E-state index in [2.05, 4.69) is 48.6 Å². The van der Waals surface area contributed by atoms with Crippen LogP contribution >= 0.6 is 12.2 Å². The molecule has 0 unspecified atom stereocenters. The lowest BCUT2D eigenvalue weighted by atomic mass is 10.1. The van der Waals surface area contributed by atoms with E-state index in [1.807, 2.05) is 12.1 Å². The third-order valence-corrected chi connectivity index (χ3v) is 3.86. The molecule has 0 saturated heterocycles. The molecule has 0 amide bonds. The number of methoxy groups -OCH3 is 1. The van der Waals surface area contributed by atoms with Gasteiger partial charge < -0.3 is 10.1 Å². The van der Waals surface area contributed by atoms with Gasteiger partial charge in [-0.3, -0.25) is 0 Å². The van der Waals surface area contributed by atoms with Crippen molar-refractivity contribution in [1.29, 1.82) is 0 Å². The monoisotopic (exact) mass is 299 g/mol. The topological polar surface area (TPSA) is 21.3 Å². The van der Waals surface area contributed by atoms with Crippen molar-refractivity contribution in [3.05, 3.63) is 65.2 Å². The zero-order valence-electron chi connectivity index (χ0n) is 12.6. The normalized spacial score (nSPS) is 10.2. The van der Waals surface area contributed by atoms with Crippen LogP contribution in [0.1, 0.15) is 23.6 Å². The highest BCUT2D eigenvalue weighted by Gasteiger charge is 2.01. The molecule has 0 radical (unpaired) electrons. The number of thiocarbonyl (C=S) groups is 1. The van der Waals surface area contributed by atoms with Gasteiger partial charge in [-0.05, 0) is 36.1 Å². The summed E-state index contributed by atoms with van der Waals surface area (Å²) in [5.41, 5.74) is 3.68. The largest absolute Gasteiger partial charge is 0.497 e. The predicted molar refractivity (Wildman–Crippen MR) is 92.2 cm³/mol. The molecule has 0 aliphatic carbocycles. The Morgan fingerprint density at radius 1 is 1.00 bits per heavy atom. The molecular weight excluding hydrogens is 278 g/mol. The molecule has 0 aliphatic heterocycles. The Labute approximate surface area is 132 Å². The predicted octanol–water partition coefficient (Wildman–Crippen LogP) is 3.77. The Balaban J connectivity index is 1.82. The SMILES string of the molecule is CCc1ccc(C(=S)NCCc2ccc(OC)cc2)cc1. The first-order valence-corrected chi connectivity index (χ1v) is 7.64. The molecule has 3 heteroatoms. The number of nitrogens with one attached hydrogen (secondary N) is 1. The standard InChI is InChI=1S/C18H21NOS/c1-3-14-4-8-16(9-5-14)18(21)19-13-12-15-6-10-17(20-2)11-7-15/h4-11H,3,12-13H2,1-2H3,(H,19,21). The Bertz CT molecular complexity index is 575. The van der Waals surface area contributed by atoms with E-state index in [-0.39, 0.29) is 0 Å². The molecule has 0 aliphatic rings. The molecule has 2 aromatic rings. The molecular formula is C18H21NOS. The van der Waals surface area contributed by atoms with Crippen LogP contribution in [0.4, 0.5) is 0 Å². The van der Waals surface area contributed by atoms with Gasteiger partial charge in [-0.2, -0.15) is 0 Å². The van der Waals surface area contributed by atoms with E-state index >= 15 is 0 Å². The summed E-state index contributed by atoms with van der Waals surface area (Å²) in [7, 11) is 1.68. The fraction of sp³-hybridized carbons (Fsp3) is 0.278. The first kappa shape index (κ1) is 15.5. The zero-order chi connectivity index (χ0) is 15.1. The van der Waals surface area contributed by atoms with E-state index in [4.69, 9.17) is 17.0 Å². The number of hydrogen-bond acceptors (Lipinski definition) is 2. The van der Waals surface area contributed by atoms with E-state index in [0.29, 0.717) is 0 Å². The maximum atomic E-state index is 5.42. The lowest BCUT2D eigenvalue weighted by Crippen LogP contribution is -2.24. The highest BCUT2D eigenvalue weighted by atomic mass is 32.1. The summed E-state index contributed by atoms with van der Waals surface area (Å²) in [5, 5.41) is 3.31. The van der Waals surface area contributed by atoms with Gasteiger partial charge in [0, 0.05) is 12.1 Å². The molecule has 0 aromatic heterocycles. The number of aryl methyl sites for hydroxylation is 1. The van der Waals surface area contributed by atoms with Crippen molar-refractivity contribution >= 4 is 17.2 Å². The van der Waals surface area contributed by atoms with Crippen molar-refractivity contribution in [2.75, 3.05) is 13.7 Å². The van der Waals surface area contributed by atoms with Gasteiger partial charge >= 0.3 is 0 Å². The van der Waals surface area contributed by atoms with Crippen molar-refractivity contribution in [2.24, 2.45) is 0 Å². The van der Waals surface area contributed by atoms with Crippen LogP contribution in [0, 0.1) is 0 Å². The molecule has 2 aromatic carbocycles. The first-order valence-electron chi connectivity index (χ1n) is 7.23. The maximum absolute atomic E-state index is 5.42. The van der Waals surface area contributed by atoms with Crippen LogP contribution in [0.25, 0.3) is 0 Å². The third-order valence-electron chi connectivity index (χ3n) is 3.48. The summed E-state index contributed by atoms with van der Waals surface area (Å²) in [5.74, 6) is 0.887. The summed E-state index contributed by atoms with van der Waals surface area (Å²) in [6.07, 6.45) is 2.00. The molecule has 0 spiro atoms.